The second-order valence-corrected chi connectivity index (χ2v) is 8.70. The Labute approximate surface area is 188 Å². The quantitative estimate of drug-likeness (QED) is 0.676. The number of hydrogen-bond donors (Lipinski definition) is 2. The lowest BCUT2D eigenvalue weighted by atomic mass is 9.68. The van der Waals surface area contributed by atoms with E-state index >= 15 is 4.39 Å². The standard InChI is InChI=1S/C21H23F2N5O3S/c1-30-14-4-5-21(12(6-14)10-32-20(24)28-21)15-7-13(2-3-16(15)23)27-19(29)17-8-26-18(9-25-17)31-11-22/h2-3,7-9,12,14H,4-6,10-11H2,1H3,(H2,24,28)(H,27,29). The number of thioether (sulfide) groups is 1. The van der Waals surface area contributed by atoms with Gasteiger partial charge in [0.05, 0.1) is 24.0 Å². The third-order valence-electron chi connectivity index (χ3n) is 5.90. The Bertz CT molecular complexity index is 1020. The minimum atomic E-state index is -1.04. The van der Waals surface area contributed by atoms with Gasteiger partial charge in [0.1, 0.15) is 11.5 Å². The number of carbonyl (C=O) groups is 1. The molecular weight excluding hydrogens is 440 g/mol. The van der Waals surface area contributed by atoms with Crippen molar-refractivity contribution in [2.24, 2.45) is 16.6 Å². The molecular formula is C21H23F2N5O3S. The van der Waals surface area contributed by atoms with E-state index in [2.05, 4.69) is 20.0 Å². The SMILES string of the molecule is COC1CCC2(c3cc(NC(=O)c4cnc(OCF)cn4)ccc3F)N=C(N)SCC2C1. The van der Waals surface area contributed by atoms with Gasteiger partial charge >= 0.3 is 0 Å². The lowest BCUT2D eigenvalue weighted by Crippen LogP contribution is -2.46. The zero-order chi connectivity index (χ0) is 22.7. The molecule has 0 spiro atoms. The summed E-state index contributed by atoms with van der Waals surface area (Å²) in [6.45, 7) is -1.04. The van der Waals surface area contributed by atoms with Crippen molar-refractivity contribution in [1.82, 2.24) is 9.97 Å². The molecule has 3 atom stereocenters. The van der Waals surface area contributed by atoms with Gasteiger partial charge in [0.25, 0.3) is 5.91 Å². The number of hydrogen-bond acceptors (Lipinski definition) is 8. The van der Waals surface area contributed by atoms with E-state index in [1.54, 1.807) is 13.2 Å². The van der Waals surface area contributed by atoms with Crippen LogP contribution in [-0.4, -0.2) is 46.9 Å². The van der Waals surface area contributed by atoms with Crippen LogP contribution in [0.15, 0.2) is 35.6 Å². The number of alkyl halides is 1. The molecule has 170 valence electrons. The topological polar surface area (TPSA) is 112 Å². The average Bonchev–Trinajstić information content (AvgIpc) is 2.80. The van der Waals surface area contributed by atoms with Crippen molar-refractivity contribution in [2.45, 2.75) is 30.9 Å². The van der Waals surface area contributed by atoms with E-state index in [4.69, 9.17) is 15.5 Å². The van der Waals surface area contributed by atoms with Gasteiger partial charge in [-0.2, -0.15) is 0 Å². The van der Waals surface area contributed by atoms with Crippen molar-refractivity contribution in [3.05, 3.63) is 47.7 Å². The first-order valence-corrected chi connectivity index (χ1v) is 11.1. The number of anilines is 1. The van der Waals surface area contributed by atoms with E-state index in [0.29, 0.717) is 28.6 Å². The van der Waals surface area contributed by atoms with Gasteiger partial charge in [0, 0.05) is 30.0 Å². The number of methoxy groups -OCH3 is 1. The summed E-state index contributed by atoms with van der Waals surface area (Å²) < 4.78 is 37.4. The van der Waals surface area contributed by atoms with Gasteiger partial charge in [-0.25, -0.2) is 18.7 Å². The van der Waals surface area contributed by atoms with Crippen molar-refractivity contribution >= 4 is 28.5 Å². The average molecular weight is 464 g/mol. The molecule has 1 saturated carbocycles. The number of rotatable bonds is 6. The van der Waals surface area contributed by atoms with Gasteiger partial charge in [0.2, 0.25) is 12.7 Å². The van der Waals surface area contributed by atoms with Crippen molar-refractivity contribution in [3.8, 4) is 5.88 Å². The third kappa shape index (κ3) is 4.40. The Hall–Kier alpha value is -2.79. The molecule has 1 amide bonds. The predicted octanol–water partition coefficient (Wildman–Crippen LogP) is 3.25. The number of nitrogens with one attached hydrogen (secondary N) is 1. The van der Waals surface area contributed by atoms with E-state index in [0.717, 1.165) is 19.0 Å². The Morgan fingerprint density at radius 3 is 2.94 bits per heavy atom. The maximum Gasteiger partial charge on any atom is 0.275 e. The highest BCUT2D eigenvalue weighted by Gasteiger charge is 2.48. The molecule has 1 aliphatic carbocycles. The summed E-state index contributed by atoms with van der Waals surface area (Å²) in [6, 6.07) is 4.40. The first-order valence-electron chi connectivity index (χ1n) is 10.1. The van der Waals surface area contributed by atoms with Crippen molar-refractivity contribution in [2.75, 3.05) is 25.0 Å². The third-order valence-corrected chi connectivity index (χ3v) is 6.86. The molecule has 4 rings (SSSR count). The van der Waals surface area contributed by atoms with Gasteiger partial charge in [-0.1, -0.05) is 11.8 Å². The molecule has 0 saturated heterocycles. The van der Waals surface area contributed by atoms with Crippen LogP contribution in [0.1, 0.15) is 35.3 Å². The van der Waals surface area contributed by atoms with E-state index < -0.39 is 24.1 Å². The molecule has 2 aromatic rings. The number of ether oxygens (including phenoxy) is 2. The number of nitrogens with two attached hydrogens (primary N) is 1. The smallest absolute Gasteiger partial charge is 0.275 e. The largest absolute Gasteiger partial charge is 0.445 e. The highest BCUT2D eigenvalue weighted by molar-refractivity contribution is 8.13. The molecule has 1 aromatic heterocycles. The summed E-state index contributed by atoms with van der Waals surface area (Å²) in [5.74, 6) is -0.210. The van der Waals surface area contributed by atoms with E-state index in [1.165, 1.54) is 30.1 Å². The Morgan fingerprint density at radius 1 is 1.38 bits per heavy atom. The molecule has 1 aliphatic heterocycles. The minimum Gasteiger partial charge on any atom is -0.445 e. The van der Waals surface area contributed by atoms with Gasteiger partial charge in [0.15, 0.2) is 5.17 Å². The summed E-state index contributed by atoms with van der Waals surface area (Å²) in [4.78, 5) is 25.0. The van der Waals surface area contributed by atoms with Gasteiger partial charge in [-0.3, -0.25) is 9.79 Å². The summed E-state index contributed by atoms with van der Waals surface area (Å²) in [6.07, 6.45) is 4.49. The minimum absolute atomic E-state index is 0.00931. The summed E-state index contributed by atoms with van der Waals surface area (Å²) in [5, 5.41) is 3.13. The first-order chi connectivity index (χ1) is 15.4. The molecule has 2 heterocycles. The number of halogens is 2. The fourth-order valence-corrected chi connectivity index (χ4v) is 5.32. The van der Waals surface area contributed by atoms with Crippen molar-refractivity contribution in [1.29, 1.82) is 0 Å². The van der Waals surface area contributed by atoms with Crippen LogP contribution in [-0.2, 0) is 10.3 Å². The summed E-state index contributed by atoms with van der Waals surface area (Å²) in [7, 11) is 1.68. The van der Waals surface area contributed by atoms with Crippen LogP contribution in [0.4, 0.5) is 14.5 Å². The van der Waals surface area contributed by atoms with Crippen molar-refractivity contribution in [3.63, 3.8) is 0 Å². The predicted molar refractivity (Wildman–Crippen MR) is 117 cm³/mol. The number of amides is 1. The first kappa shape index (κ1) is 22.4. The fourth-order valence-electron chi connectivity index (χ4n) is 4.31. The van der Waals surface area contributed by atoms with Crippen LogP contribution in [0.25, 0.3) is 0 Å². The van der Waals surface area contributed by atoms with Crippen LogP contribution in [0.3, 0.4) is 0 Å². The zero-order valence-corrected chi connectivity index (χ0v) is 18.2. The van der Waals surface area contributed by atoms with Crippen LogP contribution in [0.2, 0.25) is 0 Å². The Kier molecular flexibility index (Phi) is 6.56. The van der Waals surface area contributed by atoms with Crippen LogP contribution < -0.4 is 15.8 Å². The number of aromatic nitrogens is 2. The zero-order valence-electron chi connectivity index (χ0n) is 17.4. The number of benzene rings is 1. The normalized spacial score (nSPS) is 24.9. The monoisotopic (exact) mass is 463 g/mol. The molecule has 2 aliphatic rings. The number of aliphatic imine (C=N–C) groups is 1. The molecule has 3 N–H and O–H groups in total. The highest BCUT2D eigenvalue weighted by Crippen LogP contribution is 2.50. The summed E-state index contributed by atoms with van der Waals surface area (Å²) >= 11 is 1.46. The lowest BCUT2D eigenvalue weighted by molar-refractivity contribution is 0.0229. The molecule has 3 unspecified atom stereocenters. The number of amidine groups is 1. The van der Waals surface area contributed by atoms with E-state index in [1.807, 2.05) is 0 Å². The second kappa shape index (κ2) is 9.37. The maximum atomic E-state index is 15.1. The fraction of sp³-hybridized carbons (Fsp3) is 0.429. The molecule has 32 heavy (non-hydrogen) atoms. The molecule has 11 heteroatoms. The van der Waals surface area contributed by atoms with Gasteiger partial charge in [-0.15, -0.1) is 0 Å². The molecule has 0 radical (unpaired) electrons. The molecule has 8 nitrogen and oxygen atoms in total. The number of nitrogens with zero attached hydrogens (tertiary/aromatic N) is 3. The second-order valence-electron chi connectivity index (χ2n) is 7.66. The van der Waals surface area contributed by atoms with Gasteiger partial charge < -0.3 is 20.5 Å². The van der Waals surface area contributed by atoms with E-state index in [-0.39, 0.29) is 23.6 Å². The van der Waals surface area contributed by atoms with Gasteiger partial charge in [-0.05, 0) is 37.5 Å². The van der Waals surface area contributed by atoms with Crippen molar-refractivity contribution < 1.29 is 23.0 Å². The number of fused-ring (bicyclic) bond motifs is 1. The van der Waals surface area contributed by atoms with Crippen LogP contribution in [0, 0.1) is 11.7 Å². The van der Waals surface area contributed by atoms with Crippen LogP contribution >= 0.6 is 11.8 Å². The Morgan fingerprint density at radius 2 is 2.22 bits per heavy atom. The van der Waals surface area contributed by atoms with E-state index in [9.17, 15) is 9.18 Å². The van der Waals surface area contributed by atoms with Crippen LogP contribution in [0.5, 0.6) is 5.88 Å². The summed E-state index contributed by atoms with van der Waals surface area (Å²) in [5.41, 5.74) is 6.05. The molecule has 1 fully saturated rings. The Balaban J connectivity index is 1.62. The highest BCUT2D eigenvalue weighted by atomic mass is 32.2. The number of carbonyl (C=O) groups excluding carboxylic acids is 1. The maximum absolute atomic E-state index is 15.1. The lowest BCUT2D eigenvalue weighted by Gasteiger charge is -2.46. The molecule has 0 bridgehead atoms. The molecule has 1 aromatic carbocycles.